The summed E-state index contributed by atoms with van der Waals surface area (Å²) in [7, 11) is -4.50. The molecule has 1 aromatic carbocycles. The number of aryl methyl sites for hydroxylation is 3. The molecule has 2 aromatic rings. The van der Waals surface area contributed by atoms with E-state index in [9.17, 15) is 4.57 Å². The normalized spacial score (nSPS) is 13.4. The van der Waals surface area contributed by atoms with Crippen molar-refractivity contribution in [3.63, 3.8) is 0 Å². The quantitative estimate of drug-likeness (QED) is 0.312. The Morgan fingerprint density at radius 2 is 1.90 bits per heavy atom. The standard InChI is InChI=1S/C21H28NO5PS/c1-16-12-17(2)14-18(13-16)26-11-5-4-6-19-7-8-20(29-19)9-10-21(3,22)15-27-28(23,24)25/h7-8,12-14H,5,9-11,15,22H2,1-3H3,(H2,23,24,25). The summed E-state index contributed by atoms with van der Waals surface area (Å²) in [6.07, 6.45) is 1.88. The Balaban J connectivity index is 1.76. The third-order valence-corrected chi connectivity index (χ3v) is 5.60. The van der Waals surface area contributed by atoms with Gasteiger partial charge in [-0.3, -0.25) is 4.52 Å². The van der Waals surface area contributed by atoms with Gasteiger partial charge in [0.05, 0.1) is 18.1 Å². The lowest BCUT2D eigenvalue weighted by Crippen LogP contribution is -2.41. The van der Waals surface area contributed by atoms with Crippen LogP contribution < -0.4 is 10.5 Å². The van der Waals surface area contributed by atoms with Crippen molar-refractivity contribution in [3.8, 4) is 17.6 Å². The highest BCUT2D eigenvalue weighted by Crippen LogP contribution is 2.37. The smallest absolute Gasteiger partial charge is 0.469 e. The molecule has 0 aliphatic rings. The van der Waals surface area contributed by atoms with Crippen LogP contribution in [0.25, 0.3) is 0 Å². The third-order valence-electron chi connectivity index (χ3n) is 4.07. The minimum atomic E-state index is -4.50. The van der Waals surface area contributed by atoms with Crippen molar-refractivity contribution in [2.75, 3.05) is 13.2 Å². The average Bonchev–Trinajstić information content (AvgIpc) is 3.05. The maximum Gasteiger partial charge on any atom is 0.469 e. The first-order chi connectivity index (χ1) is 13.5. The first-order valence-corrected chi connectivity index (χ1v) is 11.6. The first kappa shape index (κ1) is 23.6. The molecule has 158 valence electrons. The van der Waals surface area contributed by atoms with Crippen molar-refractivity contribution in [1.29, 1.82) is 0 Å². The van der Waals surface area contributed by atoms with Crippen LogP contribution in [-0.4, -0.2) is 28.5 Å². The Hall–Kier alpha value is -1.65. The minimum absolute atomic E-state index is 0.199. The number of hydrogen-bond donors (Lipinski definition) is 3. The van der Waals surface area contributed by atoms with Crippen LogP contribution in [0.4, 0.5) is 0 Å². The van der Waals surface area contributed by atoms with E-state index in [0.717, 1.165) is 15.5 Å². The Labute approximate surface area is 176 Å². The van der Waals surface area contributed by atoms with E-state index in [4.69, 9.17) is 20.3 Å². The molecule has 2 rings (SSSR count). The fraction of sp³-hybridized carbons (Fsp3) is 0.429. The van der Waals surface area contributed by atoms with Crippen LogP contribution in [0, 0.1) is 25.7 Å². The van der Waals surface area contributed by atoms with E-state index in [2.05, 4.69) is 22.4 Å². The Kier molecular flexibility index (Phi) is 8.47. The van der Waals surface area contributed by atoms with Crippen molar-refractivity contribution >= 4 is 19.2 Å². The topological polar surface area (TPSA) is 102 Å². The van der Waals surface area contributed by atoms with Crippen LogP contribution in [0.2, 0.25) is 0 Å². The van der Waals surface area contributed by atoms with E-state index < -0.39 is 13.4 Å². The maximum absolute atomic E-state index is 10.8. The summed E-state index contributed by atoms with van der Waals surface area (Å²) in [6.45, 7) is 6.15. The Bertz CT molecular complexity index is 902. The first-order valence-electron chi connectivity index (χ1n) is 9.30. The summed E-state index contributed by atoms with van der Waals surface area (Å²) in [5.74, 6) is 7.14. The second-order valence-corrected chi connectivity index (χ2v) is 9.82. The Morgan fingerprint density at radius 3 is 2.55 bits per heavy atom. The fourth-order valence-electron chi connectivity index (χ4n) is 2.68. The predicted octanol–water partition coefficient (Wildman–Crippen LogP) is 3.94. The van der Waals surface area contributed by atoms with E-state index in [0.29, 0.717) is 25.9 Å². The molecule has 4 N–H and O–H groups in total. The molecule has 8 heteroatoms. The number of rotatable bonds is 9. The van der Waals surface area contributed by atoms with Crippen molar-refractivity contribution < 1.29 is 23.6 Å². The predicted molar refractivity (Wildman–Crippen MR) is 116 cm³/mol. The molecular formula is C21H28NO5PS. The van der Waals surface area contributed by atoms with Crippen molar-refractivity contribution in [2.45, 2.75) is 45.6 Å². The van der Waals surface area contributed by atoms with Gasteiger partial charge in [-0.25, -0.2) is 4.57 Å². The van der Waals surface area contributed by atoms with Gasteiger partial charge in [-0.15, -0.1) is 11.3 Å². The molecule has 0 amide bonds. The number of phosphoric ester groups is 1. The largest absolute Gasteiger partial charge is 0.493 e. The SMILES string of the molecule is Cc1cc(C)cc(OCCC#Cc2ccc(CCC(C)(N)COP(=O)(O)O)s2)c1. The van der Waals surface area contributed by atoms with Gasteiger partial charge < -0.3 is 20.3 Å². The summed E-state index contributed by atoms with van der Waals surface area (Å²) < 4.78 is 21.1. The molecule has 0 spiro atoms. The van der Waals surface area contributed by atoms with E-state index in [1.165, 1.54) is 11.1 Å². The van der Waals surface area contributed by atoms with E-state index in [1.807, 2.05) is 38.1 Å². The number of nitrogens with two attached hydrogens (primary N) is 1. The van der Waals surface area contributed by atoms with Crippen molar-refractivity contribution in [3.05, 3.63) is 51.2 Å². The van der Waals surface area contributed by atoms with E-state index >= 15 is 0 Å². The average molecular weight is 437 g/mol. The zero-order valence-corrected chi connectivity index (χ0v) is 18.7. The number of hydrogen-bond acceptors (Lipinski definition) is 5. The van der Waals surface area contributed by atoms with Crippen LogP contribution in [0.1, 0.15) is 40.6 Å². The number of phosphoric acid groups is 1. The Morgan fingerprint density at radius 1 is 1.21 bits per heavy atom. The number of ether oxygens (including phenoxy) is 1. The van der Waals surface area contributed by atoms with Gasteiger partial charge in [0.25, 0.3) is 0 Å². The summed E-state index contributed by atoms with van der Waals surface area (Å²) in [5, 5.41) is 0. The second kappa shape index (κ2) is 10.4. The minimum Gasteiger partial charge on any atom is -0.493 e. The van der Waals surface area contributed by atoms with Gasteiger partial charge in [-0.1, -0.05) is 17.9 Å². The lowest BCUT2D eigenvalue weighted by Gasteiger charge is -2.24. The zero-order valence-electron chi connectivity index (χ0n) is 17.0. The number of benzene rings is 1. The number of thiophene rings is 1. The fourth-order valence-corrected chi connectivity index (χ4v) is 4.02. The van der Waals surface area contributed by atoms with Crippen molar-refractivity contribution in [1.82, 2.24) is 0 Å². The van der Waals surface area contributed by atoms with Gasteiger partial charge in [-0.05, 0) is 69.0 Å². The zero-order chi connectivity index (χ0) is 21.5. The van der Waals surface area contributed by atoms with Crippen LogP contribution >= 0.6 is 19.2 Å². The monoisotopic (exact) mass is 437 g/mol. The van der Waals surface area contributed by atoms with Crippen LogP contribution in [0.5, 0.6) is 5.75 Å². The molecule has 6 nitrogen and oxygen atoms in total. The maximum atomic E-state index is 10.8. The molecule has 0 saturated carbocycles. The van der Waals surface area contributed by atoms with Gasteiger partial charge in [-0.2, -0.15) is 0 Å². The molecule has 0 fully saturated rings. The molecule has 0 radical (unpaired) electrons. The summed E-state index contributed by atoms with van der Waals surface area (Å²) in [4.78, 5) is 19.7. The molecule has 0 aliphatic carbocycles. The van der Waals surface area contributed by atoms with Gasteiger partial charge in [0, 0.05) is 16.8 Å². The highest BCUT2D eigenvalue weighted by molar-refractivity contribution is 7.46. The summed E-state index contributed by atoms with van der Waals surface area (Å²) >= 11 is 1.59. The molecule has 0 aliphatic heterocycles. The highest BCUT2D eigenvalue weighted by atomic mass is 32.1. The van der Waals surface area contributed by atoms with Gasteiger partial charge in [0.15, 0.2) is 0 Å². The van der Waals surface area contributed by atoms with Gasteiger partial charge in [0.1, 0.15) is 5.75 Å². The van der Waals surface area contributed by atoms with Gasteiger partial charge >= 0.3 is 7.82 Å². The molecule has 1 heterocycles. The molecule has 29 heavy (non-hydrogen) atoms. The molecule has 1 unspecified atom stereocenters. The lowest BCUT2D eigenvalue weighted by atomic mass is 9.98. The third kappa shape index (κ3) is 9.60. The molecule has 0 bridgehead atoms. The molecular weight excluding hydrogens is 409 g/mol. The van der Waals surface area contributed by atoms with E-state index in [1.54, 1.807) is 18.3 Å². The molecule has 1 aromatic heterocycles. The second-order valence-electron chi connectivity index (χ2n) is 7.41. The van der Waals surface area contributed by atoms with Gasteiger partial charge in [0.2, 0.25) is 0 Å². The molecule has 1 atom stereocenters. The highest BCUT2D eigenvalue weighted by Gasteiger charge is 2.24. The summed E-state index contributed by atoms with van der Waals surface area (Å²) in [5.41, 5.74) is 7.60. The van der Waals surface area contributed by atoms with Crippen molar-refractivity contribution in [2.24, 2.45) is 5.73 Å². The van der Waals surface area contributed by atoms with Crippen LogP contribution in [0.15, 0.2) is 30.3 Å². The molecule has 0 saturated heterocycles. The van der Waals surface area contributed by atoms with Crippen LogP contribution in [-0.2, 0) is 15.5 Å². The lowest BCUT2D eigenvalue weighted by molar-refractivity contribution is 0.154. The summed E-state index contributed by atoms with van der Waals surface area (Å²) in [6, 6.07) is 10.1. The van der Waals surface area contributed by atoms with Crippen LogP contribution in [0.3, 0.4) is 0 Å². The van der Waals surface area contributed by atoms with E-state index in [-0.39, 0.29) is 6.61 Å².